The van der Waals surface area contributed by atoms with Crippen LogP contribution in [0.25, 0.3) is 0 Å². The lowest BCUT2D eigenvalue weighted by Gasteiger charge is -2.21. The van der Waals surface area contributed by atoms with Crippen LogP contribution in [-0.4, -0.2) is 34.2 Å². The van der Waals surface area contributed by atoms with Crippen molar-refractivity contribution in [2.45, 2.75) is 39.8 Å². The lowest BCUT2D eigenvalue weighted by Crippen LogP contribution is -2.40. The van der Waals surface area contributed by atoms with Crippen LogP contribution < -0.4 is 10.2 Å². The van der Waals surface area contributed by atoms with E-state index in [0.717, 1.165) is 16.8 Å². The van der Waals surface area contributed by atoms with Gasteiger partial charge in [-0.1, -0.05) is 12.1 Å². The fourth-order valence-electron chi connectivity index (χ4n) is 3.24. The van der Waals surface area contributed by atoms with E-state index in [-0.39, 0.29) is 30.2 Å². The highest BCUT2D eigenvalue weighted by Crippen LogP contribution is 2.29. The summed E-state index contributed by atoms with van der Waals surface area (Å²) in [6.45, 7) is 7.03. The van der Waals surface area contributed by atoms with Gasteiger partial charge in [-0.3, -0.25) is 14.3 Å². The number of nitrogens with zero attached hydrogens (tertiary/aromatic N) is 3. The Hall–Kier alpha value is -2.63. The molecule has 132 valence electrons. The third kappa shape index (κ3) is 3.73. The van der Waals surface area contributed by atoms with E-state index >= 15 is 0 Å². The second-order valence-electron chi connectivity index (χ2n) is 6.76. The third-order valence-electron chi connectivity index (χ3n) is 4.77. The molecule has 2 heterocycles. The molecule has 2 aromatic rings. The zero-order chi connectivity index (χ0) is 18.0. The van der Waals surface area contributed by atoms with Gasteiger partial charge in [0, 0.05) is 37.1 Å². The molecule has 1 aromatic heterocycles. The fraction of sp³-hybridized carbons (Fsp3) is 0.421. The van der Waals surface area contributed by atoms with E-state index < -0.39 is 0 Å². The maximum absolute atomic E-state index is 12.5. The first-order chi connectivity index (χ1) is 12.0. The van der Waals surface area contributed by atoms with Crippen LogP contribution in [0.2, 0.25) is 0 Å². The molecule has 0 radical (unpaired) electrons. The maximum atomic E-state index is 12.5. The van der Waals surface area contributed by atoms with Gasteiger partial charge in [0.05, 0.1) is 12.5 Å². The van der Waals surface area contributed by atoms with Gasteiger partial charge in [0.1, 0.15) is 0 Å². The van der Waals surface area contributed by atoms with Crippen molar-refractivity contribution in [3.63, 3.8) is 0 Å². The predicted molar refractivity (Wildman–Crippen MR) is 96.2 cm³/mol. The molecule has 0 saturated carbocycles. The summed E-state index contributed by atoms with van der Waals surface area (Å²) in [6.07, 6.45) is 3.84. The summed E-state index contributed by atoms with van der Waals surface area (Å²) in [5.74, 6) is -0.373. The molecule has 6 heteroatoms. The van der Waals surface area contributed by atoms with Crippen LogP contribution in [0.15, 0.2) is 36.7 Å². The van der Waals surface area contributed by atoms with Crippen molar-refractivity contribution in [2.24, 2.45) is 5.92 Å². The summed E-state index contributed by atoms with van der Waals surface area (Å²) in [5.41, 5.74) is 3.14. The van der Waals surface area contributed by atoms with Crippen LogP contribution in [0.3, 0.4) is 0 Å². The van der Waals surface area contributed by atoms with Crippen LogP contribution in [0, 0.1) is 19.8 Å². The first-order valence-corrected chi connectivity index (χ1v) is 8.60. The average molecular weight is 340 g/mol. The van der Waals surface area contributed by atoms with E-state index in [4.69, 9.17) is 0 Å². The molecule has 6 nitrogen and oxygen atoms in total. The Morgan fingerprint density at radius 1 is 1.36 bits per heavy atom. The zero-order valence-electron chi connectivity index (χ0n) is 14.9. The molecule has 1 N–H and O–H groups in total. The molecule has 2 amide bonds. The van der Waals surface area contributed by atoms with Crippen LogP contribution in [-0.2, 0) is 16.1 Å². The number of anilines is 1. The Morgan fingerprint density at radius 2 is 2.16 bits per heavy atom. The standard InChI is InChI=1S/C19H24N4O2/c1-13-6-4-7-17(15(13)3)23-12-16(10-18(23)24)19(25)21-14(2)11-22-9-5-8-20-22/h4-9,14,16H,10-12H2,1-3H3,(H,21,25)/t14-,16-/m1/s1. The summed E-state index contributed by atoms with van der Waals surface area (Å²) in [5, 5.41) is 7.15. The van der Waals surface area contributed by atoms with Crippen molar-refractivity contribution in [1.29, 1.82) is 0 Å². The SMILES string of the molecule is Cc1cccc(N2C[C@H](C(=O)N[C@H](C)Cn3cccn3)CC2=O)c1C. The normalized spacial score (nSPS) is 18.4. The largest absolute Gasteiger partial charge is 0.351 e. The second-order valence-corrected chi connectivity index (χ2v) is 6.76. The van der Waals surface area contributed by atoms with E-state index in [9.17, 15) is 9.59 Å². The fourth-order valence-corrected chi connectivity index (χ4v) is 3.24. The van der Waals surface area contributed by atoms with Gasteiger partial charge in [-0.2, -0.15) is 5.10 Å². The Labute approximate surface area is 147 Å². The molecule has 2 atom stereocenters. The van der Waals surface area contributed by atoms with E-state index in [1.807, 2.05) is 51.2 Å². The molecule has 1 saturated heterocycles. The molecule has 1 aliphatic rings. The molecule has 1 fully saturated rings. The second kappa shape index (κ2) is 7.09. The molecule has 25 heavy (non-hydrogen) atoms. The van der Waals surface area contributed by atoms with Gasteiger partial charge in [-0.15, -0.1) is 0 Å². The highest BCUT2D eigenvalue weighted by atomic mass is 16.2. The molecule has 0 unspecified atom stereocenters. The van der Waals surface area contributed by atoms with E-state index in [1.165, 1.54) is 0 Å². The molecular weight excluding hydrogens is 316 g/mol. The number of aryl methyl sites for hydroxylation is 1. The molecule has 1 aromatic carbocycles. The highest BCUT2D eigenvalue weighted by Gasteiger charge is 2.36. The lowest BCUT2D eigenvalue weighted by atomic mass is 10.1. The predicted octanol–water partition coefficient (Wildman–Crippen LogP) is 2.06. The topological polar surface area (TPSA) is 67.2 Å². The smallest absolute Gasteiger partial charge is 0.227 e. The minimum atomic E-state index is -0.313. The molecule has 1 aliphatic heterocycles. The number of amides is 2. The Bertz CT molecular complexity index is 770. The number of carbonyl (C=O) groups is 2. The molecule has 0 aliphatic carbocycles. The van der Waals surface area contributed by atoms with E-state index in [1.54, 1.807) is 15.8 Å². The summed E-state index contributed by atoms with van der Waals surface area (Å²) in [7, 11) is 0. The highest BCUT2D eigenvalue weighted by molar-refractivity contribution is 6.00. The maximum Gasteiger partial charge on any atom is 0.227 e. The van der Waals surface area contributed by atoms with Crippen molar-refractivity contribution in [2.75, 3.05) is 11.4 Å². The number of nitrogens with one attached hydrogen (secondary N) is 1. The summed E-state index contributed by atoms with van der Waals surface area (Å²) in [4.78, 5) is 26.7. The van der Waals surface area contributed by atoms with Crippen molar-refractivity contribution in [3.8, 4) is 0 Å². The van der Waals surface area contributed by atoms with Gasteiger partial charge in [0.15, 0.2) is 0 Å². The minimum absolute atomic E-state index is 0.00794. The first-order valence-electron chi connectivity index (χ1n) is 8.60. The number of hydrogen-bond donors (Lipinski definition) is 1. The van der Waals surface area contributed by atoms with Crippen LogP contribution in [0.5, 0.6) is 0 Å². The molecular formula is C19H24N4O2. The summed E-state index contributed by atoms with van der Waals surface area (Å²) in [6, 6.07) is 7.73. The molecule has 0 bridgehead atoms. The van der Waals surface area contributed by atoms with E-state index in [0.29, 0.717) is 13.1 Å². The van der Waals surface area contributed by atoms with Crippen molar-refractivity contribution in [1.82, 2.24) is 15.1 Å². The zero-order valence-corrected chi connectivity index (χ0v) is 14.9. The quantitative estimate of drug-likeness (QED) is 0.906. The summed E-state index contributed by atoms with van der Waals surface area (Å²) >= 11 is 0. The summed E-state index contributed by atoms with van der Waals surface area (Å²) < 4.78 is 1.78. The number of benzene rings is 1. The van der Waals surface area contributed by atoms with Crippen molar-refractivity contribution >= 4 is 17.5 Å². The Balaban J connectivity index is 1.63. The Kier molecular flexibility index (Phi) is 4.88. The van der Waals surface area contributed by atoms with Crippen LogP contribution in [0.4, 0.5) is 5.69 Å². The molecule has 3 rings (SSSR count). The third-order valence-corrected chi connectivity index (χ3v) is 4.77. The van der Waals surface area contributed by atoms with Gasteiger partial charge in [-0.25, -0.2) is 0 Å². The van der Waals surface area contributed by atoms with Crippen molar-refractivity contribution < 1.29 is 9.59 Å². The Morgan fingerprint density at radius 3 is 2.88 bits per heavy atom. The monoisotopic (exact) mass is 340 g/mol. The first kappa shape index (κ1) is 17.2. The van der Waals surface area contributed by atoms with Gasteiger partial charge in [0.25, 0.3) is 0 Å². The van der Waals surface area contributed by atoms with Gasteiger partial charge >= 0.3 is 0 Å². The number of carbonyl (C=O) groups excluding carboxylic acids is 2. The number of hydrogen-bond acceptors (Lipinski definition) is 3. The van der Waals surface area contributed by atoms with E-state index in [2.05, 4.69) is 10.4 Å². The van der Waals surface area contributed by atoms with Crippen molar-refractivity contribution in [3.05, 3.63) is 47.8 Å². The number of aromatic nitrogens is 2. The van der Waals surface area contributed by atoms with Gasteiger partial charge < -0.3 is 10.2 Å². The average Bonchev–Trinajstić information content (AvgIpc) is 3.19. The minimum Gasteiger partial charge on any atom is -0.351 e. The molecule has 0 spiro atoms. The lowest BCUT2D eigenvalue weighted by molar-refractivity contribution is -0.126. The van der Waals surface area contributed by atoms with Gasteiger partial charge in [0.2, 0.25) is 11.8 Å². The number of rotatable bonds is 5. The van der Waals surface area contributed by atoms with Crippen LogP contribution >= 0.6 is 0 Å². The van der Waals surface area contributed by atoms with Crippen LogP contribution in [0.1, 0.15) is 24.5 Å². The van der Waals surface area contributed by atoms with Gasteiger partial charge in [-0.05, 0) is 44.0 Å².